The second-order valence-corrected chi connectivity index (χ2v) is 3.74. The van der Waals surface area contributed by atoms with E-state index in [0.717, 1.165) is 25.1 Å². The summed E-state index contributed by atoms with van der Waals surface area (Å²) in [6, 6.07) is 10.0. The van der Waals surface area contributed by atoms with Crippen LogP contribution in [-0.2, 0) is 11.3 Å². The van der Waals surface area contributed by atoms with Gasteiger partial charge in [0.15, 0.2) is 0 Å². The molecule has 0 saturated heterocycles. The van der Waals surface area contributed by atoms with Crippen molar-refractivity contribution in [2.24, 2.45) is 0 Å². The highest BCUT2D eigenvalue weighted by atomic mass is 16.5. The zero-order valence-electron chi connectivity index (χ0n) is 9.31. The summed E-state index contributed by atoms with van der Waals surface area (Å²) in [4.78, 5) is 0. The van der Waals surface area contributed by atoms with Crippen LogP contribution in [0.4, 0.5) is 0 Å². The molecule has 0 atom stereocenters. The number of benzene rings is 1. The summed E-state index contributed by atoms with van der Waals surface area (Å²) in [5.74, 6) is 0. The molecule has 82 valence electrons. The Kier molecular flexibility index (Phi) is 3.23. The lowest BCUT2D eigenvalue weighted by Gasteiger charge is -2.04. The molecular formula is C13H14N2O. The third kappa shape index (κ3) is 2.07. The Morgan fingerprint density at radius 2 is 2.25 bits per heavy atom. The maximum absolute atomic E-state index is 8.86. The van der Waals surface area contributed by atoms with Crippen LogP contribution >= 0.6 is 0 Å². The Morgan fingerprint density at radius 3 is 3.00 bits per heavy atom. The van der Waals surface area contributed by atoms with Crippen LogP contribution in [0, 0.1) is 11.3 Å². The highest BCUT2D eigenvalue weighted by Crippen LogP contribution is 2.17. The predicted molar refractivity (Wildman–Crippen MR) is 63.1 cm³/mol. The van der Waals surface area contributed by atoms with Crippen LogP contribution in [0.25, 0.3) is 10.9 Å². The second-order valence-electron chi connectivity index (χ2n) is 3.74. The fourth-order valence-corrected chi connectivity index (χ4v) is 1.83. The van der Waals surface area contributed by atoms with Crippen molar-refractivity contribution in [1.29, 1.82) is 5.26 Å². The van der Waals surface area contributed by atoms with Gasteiger partial charge in [-0.25, -0.2) is 0 Å². The van der Waals surface area contributed by atoms with E-state index >= 15 is 0 Å². The number of nitrogens with zero attached hydrogens (tertiary/aromatic N) is 2. The fourth-order valence-electron chi connectivity index (χ4n) is 1.83. The minimum atomic E-state index is 0.708. The first-order valence-electron chi connectivity index (χ1n) is 5.33. The van der Waals surface area contributed by atoms with Crippen molar-refractivity contribution in [3.05, 3.63) is 36.0 Å². The van der Waals surface area contributed by atoms with Gasteiger partial charge in [-0.3, -0.25) is 0 Å². The molecular weight excluding hydrogens is 200 g/mol. The number of hydrogen-bond acceptors (Lipinski definition) is 2. The first kappa shape index (κ1) is 10.7. The standard InChI is InChI=1S/C13H14N2O/c1-16-8-2-6-15-7-5-12-4-3-11(10-14)9-13(12)15/h3-5,7,9H,2,6,8H2,1H3. The normalized spacial score (nSPS) is 10.5. The SMILES string of the molecule is COCCCn1ccc2ccc(C#N)cc21. The molecule has 2 rings (SSSR count). The second kappa shape index (κ2) is 4.82. The molecule has 0 aliphatic rings. The maximum Gasteiger partial charge on any atom is 0.0992 e. The summed E-state index contributed by atoms with van der Waals surface area (Å²) in [5.41, 5.74) is 1.83. The van der Waals surface area contributed by atoms with E-state index in [0.29, 0.717) is 5.56 Å². The molecule has 0 amide bonds. The predicted octanol–water partition coefficient (Wildman–Crippen LogP) is 2.55. The molecule has 1 aromatic heterocycles. The van der Waals surface area contributed by atoms with E-state index < -0.39 is 0 Å². The molecule has 0 aliphatic carbocycles. The molecule has 0 N–H and O–H groups in total. The number of rotatable bonds is 4. The number of aryl methyl sites for hydroxylation is 1. The largest absolute Gasteiger partial charge is 0.385 e. The van der Waals surface area contributed by atoms with Gasteiger partial charge in [0.1, 0.15) is 0 Å². The van der Waals surface area contributed by atoms with Gasteiger partial charge in [-0.15, -0.1) is 0 Å². The summed E-state index contributed by atoms with van der Waals surface area (Å²) >= 11 is 0. The van der Waals surface area contributed by atoms with Crippen molar-refractivity contribution in [2.45, 2.75) is 13.0 Å². The van der Waals surface area contributed by atoms with Crippen molar-refractivity contribution in [1.82, 2.24) is 4.57 Å². The van der Waals surface area contributed by atoms with Crippen molar-refractivity contribution in [3.8, 4) is 6.07 Å². The molecule has 0 saturated carbocycles. The minimum absolute atomic E-state index is 0.708. The molecule has 0 unspecified atom stereocenters. The van der Waals surface area contributed by atoms with Gasteiger partial charge >= 0.3 is 0 Å². The topological polar surface area (TPSA) is 38.0 Å². The molecule has 0 aliphatic heterocycles. The Bertz CT molecular complexity index is 522. The number of ether oxygens (including phenoxy) is 1. The number of methoxy groups -OCH3 is 1. The van der Waals surface area contributed by atoms with Crippen LogP contribution in [0.15, 0.2) is 30.5 Å². The van der Waals surface area contributed by atoms with Crippen LogP contribution < -0.4 is 0 Å². The zero-order chi connectivity index (χ0) is 11.4. The monoisotopic (exact) mass is 214 g/mol. The van der Waals surface area contributed by atoms with Crippen LogP contribution in [0.2, 0.25) is 0 Å². The molecule has 1 aromatic carbocycles. The van der Waals surface area contributed by atoms with E-state index in [9.17, 15) is 0 Å². The average molecular weight is 214 g/mol. The molecule has 0 radical (unpaired) electrons. The van der Waals surface area contributed by atoms with Crippen LogP contribution in [0.3, 0.4) is 0 Å². The Morgan fingerprint density at radius 1 is 1.38 bits per heavy atom. The fraction of sp³-hybridized carbons (Fsp3) is 0.308. The van der Waals surface area contributed by atoms with Gasteiger partial charge in [-0.2, -0.15) is 5.26 Å². The number of nitriles is 1. The molecule has 3 heteroatoms. The smallest absolute Gasteiger partial charge is 0.0992 e. The summed E-state index contributed by atoms with van der Waals surface area (Å²) < 4.78 is 7.19. The van der Waals surface area contributed by atoms with Crippen molar-refractivity contribution >= 4 is 10.9 Å². The van der Waals surface area contributed by atoms with Crippen LogP contribution in [-0.4, -0.2) is 18.3 Å². The van der Waals surface area contributed by atoms with E-state index in [1.165, 1.54) is 5.39 Å². The van der Waals surface area contributed by atoms with Crippen molar-refractivity contribution in [3.63, 3.8) is 0 Å². The van der Waals surface area contributed by atoms with E-state index in [-0.39, 0.29) is 0 Å². The van der Waals surface area contributed by atoms with Gasteiger partial charge in [-0.1, -0.05) is 6.07 Å². The first-order chi connectivity index (χ1) is 7.85. The molecule has 1 heterocycles. The first-order valence-corrected chi connectivity index (χ1v) is 5.33. The highest BCUT2D eigenvalue weighted by Gasteiger charge is 2.01. The highest BCUT2D eigenvalue weighted by molar-refractivity contribution is 5.81. The van der Waals surface area contributed by atoms with Gasteiger partial charge in [0.05, 0.1) is 11.6 Å². The van der Waals surface area contributed by atoms with E-state index in [2.05, 4.69) is 22.9 Å². The molecule has 0 spiro atoms. The van der Waals surface area contributed by atoms with Gasteiger partial charge in [0.25, 0.3) is 0 Å². The molecule has 3 nitrogen and oxygen atoms in total. The maximum atomic E-state index is 8.86. The van der Waals surface area contributed by atoms with Crippen LogP contribution in [0.5, 0.6) is 0 Å². The van der Waals surface area contributed by atoms with Gasteiger partial charge in [0.2, 0.25) is 0 Å². The lowest BCUT2D eigenvalue weighted by atomic mass is 10.2. The van der Waals surface area contributed by atoms with Gasteiger partial charge in [-0.05, 0) is 30.0 Å². The van der Waals surface area contributed by atoms with Gasteiger partial charge < -0.3 is 9.30 Å². The summed E-state index contributed by atoms with van der Waals surface area (Å²) in [5, 5.41) is 10.0. The lowest BCUT2D eigenvalue weighted by Crippen LogP contribution is -1.99. The van der Waals surface area contributed by atoms with Crippen molar-refractivity contribution < 1.29 is 4.74 Å². The van der Waals surface area contributed by atoms with Gasteiger partial charge in [0, 0.05) is 32.0 Å². The van der Waals surface area contributed by atoms with E-state index in [1.807, 2.05) is 18.2 Å². The molecule has 0 bridgehead atoms. The zero-order valence-corrected chi connectivity index (χ0v) is 9.31. The van der Waals surface area contributed by atoms with E-state index in [4.69, 9.17) is 10.00 Å². The Hall–Kier alpha value is -1.79. The molecule has 16 heavy (non-hydrogen) atoms. The Balaban J connectivity index is 2.28. The molecule has 0 fully saturated rings. The summed E-state index contributed by atoms with van der Waals surface area (Å²) in [6.07, 6.45) is 3.04. The number of fused-ring (bicyclic) bond motifs is 1. The summed E-state index contributed by atoms with van der Waals surface area (Å²) in [6.45, 7) is 1.68. The number of hydrogen-bond donors (Lipinski definition) is 0. The quantitative estimate of drug-likeness (QED) is 0.733. The van der Waals surface area contributed by atoms with E-state index in [1.54, 1.807) is 7.11 Å². The lowest BCUT2D eigenvalue weighted by molar-refractivity contribution is 0.190. The molecule has 2 aromatic rings. The third-order valence-corrected chi connectivity index (χ3v) is 2.65. The van der Waals surface area contributed by atoms with Crippen molar-refractivity contribution in [2.75, 3.05) is 13.7 Å². The number of aromatic nitrogens is 1. The summed E-state index contributed by atoms with van der Waals surface area (Å²) in [7, 11) is 1.71. The average Bonchev–Trinajstić information content (AvgIpc) is 2.72. The third-order valence-electron chi connectivity index (χ3n) is 2.65. The Labute approximate surface area is 94.9 Å². The van der Waals surface area contributed by atoms with Crippen LogP contribution in [0.1, 0.15) is 12.0 Å². The minimum Gasteiger partial charge on any atom is -0.385 e.